The molecule has 0 bridgehead atoms. The monoisotopic (exact) mass is 296 g/mol. The zero-order valence-electron chi connectivity index (χ0n) is 12.4. The molecule has 1 N–H and O–H groups in total. The number of nitrogens with zero attached hydrogens (tertiary/aromatic N) is 1. The molecule has 1 heterocycles. The molecule has 0 aromatic heterocycles. The van der Waals surface area contributed by atoms with Crippen molar-refractivity contribution in [3.63, 3.8) is 0 Å². The van der Waals surface area contributed by atoms with Gasteiger partial charge in [-0.3, -0.25) is 9.69 Å². The highest BCUT2D eigenvalue weighted by Crippen LogP contribution is 2.23. The summed E-state index contributed by atoms with van der Waals surface area (Å²) in [5.74, 6) is -0.000648. The molecule has 1 amide bonds. The van der Waals surface area contributed by atoms with Crippen LogP contribution in [0.4, 0.5) is 5.69 Å². The van der Waals surface area contributed by atoms with Crippen LogP contribution in [-0.4, -0.2) is 37.1 Å². The summed E-state index contributed by atoms with van der Waals surface area (Å²) in [6.07, 6.45) is 0. The van der Waals surface area contributed by atoms with E-state index in [1.165, 1.54) is 0 Å². The van der Waals surface area contributed by atoms with Crippen LogP contribution < -0.4 is 5.32 Å². The minimum Gasteiger partial charge on any atom is -0.379 e. The van der Waals surface area contributed by atoms with E-state index in [4.69, 9.17) is 4.74 Å². The van der Waals surface area contributed by atoms with Gasteiger partial charge in [0.1, 0.15) is 6.04 Å². The maximum Gasteiger partial charge on any atom is 0.246 e. The number of anilines is 1. The number of carbonyl (C=O) groups excluding carboxylic acids is 1. The van der Waals surface area contributed by atoms with Gasteiger partial charge in [-0.05, 0) is 17.7 Å². The Labute approximate surface area is 130 Å². The molecule has 0 saturated carbocycles. The molecule has 1 atom stereocenters. The van der Waals surface area contributed by atoms with Crippen molar-refractivity contribution in [3.05, 3.63) is 66.2 Å². The molecule has 3 rings (SSSR count). The minimum atomic E-state index is -0.287. The number of hydrogen-bond acceptors (Lipinski definition) is 3. The van der Waals surface area contributed by atoms with Gasteiger partial charge in [0, 0.05) is 18.8 Å². The van der Waals surface area contributed by atoms with Crippen LogP contribution >= 0.6 is 0 Å². The van der Waals surface area contributed by atoms with Gasteiger partial charge in [-0.2, -0.15) is 0 Å². The van der Waals surface area contributed by atoms with Crippen molar-refractivity contribution < 1.29 is 9.53 Å². The van der Waals surface area contributed by atoms with E-state index in [9.17, 15) is 4.79 Å². The van der Waals surface area contributed by atoms with E-state index in [1.807, 2.05) is 60.7 Å². The smallest absolute Gasteiger partial charge is 0.246 e. The van der Waals surface area contributed by atoms with Crippen LogP contribution in [0, 0.1) is 0 Å². The van der Waals surface area contributed by atoms with Gasteiger partial charge < -0.3 is 10.1 Å². The van der Waals surface area contributed by atoms with Gasteiger partial charge in [0.25, 0.3) is 0 Å². The Morgan fingerprint density at radius 3 is 2.18 bits per heavy atom. The number of carbonyl (C=O) groups is 1. The second-order valence-electron chi connectivity index (χ2n) is 5.32. The van der Waals surface area contributed by atoms with Crippen LogP contribution in [0.2, 0.25) is 0 Å². The lowest BCUT2D eigenvalue weighted by molar-refractivity contribution is -0.123. The number of benzene rings is 2. The van der Waals surface area contributed by atoms with Crippen molar-refractivity contribution in [3.8, 4) is 0 Å². The largest absolute Gasteiger partial charge is 0.379 e. The fraction of sp³-hybridized carbons (Fsp3) is 0.278. The Balaban J connectivity index is 1.82. The molecule has 1 saturated heterocycles. The van der Waals surface area contributed by atoms with E-state index < -0.39 is 0 Å². The topological polar surface area (TPSA) is 41.6 Å². The van der Waals surface area contributed by atoms with Crippen LogP contribution in [0.1, 0.15) is 11.6 Å². The summed E-state index contributed by atoms with van der Waals surface area (Å²) < 4.78 is 5.41. The van der Waals surface area contributed by atoms with Gasteiger partial charge in [0.2, 0.25) is 5.91 Å². The third-order valence-electron chi connectivity index (χ3n) is 3.82. The molecular formula is C18H20N2O2. The Morgan fingerprint density at radius 1 is 0.955 bits per heavy atom. The summed E-state index contributed by atoms with van der Waals surface area (Å²) in [6.45, 7) is 2.87. The fourth-order valence-electron chi connectivity index (χ4n) is 2.73. The van der Waals surface area contributed by atoms with E-state index in [2.05, 4.69) is 10.2 Å². The first kappa shape index (κ1) is 14.8. The normalized spacial score (nSPS) is 16.9. The van der Waals surface area contributed by atoms with Crippen molar-refractivity contribution in [1.29, 1.82) is 0 Å². The molecule has 0 aliphatic carbocycles. The third kappa shape index (κ3) is 3.53. The fourth-order valence-corrected chi connectivity index (χ4v) is 2.73. The van der Waals surface area contributed by atoms with Gasteiger partial charge in [-0.15, -0.1) is 0 Å². The maximum atomic E-state index is 12.8. The number of amides is 1. The number of rotatable bonds is 4. The first-order valence-electron chi connectivity index (χ1n) is 7.57. The number of hydrogen-bond donors (Lipinski definition) is 1. The second-order valence-corrected chi connectivity index (χ2v) is 5.32. The molecule has 2 aromatic carbocycles. The minimum absolute atomic E-state index is 0.000648. The molecule has 1 aliphatic heterocycles. The predicted octanol–water partition coefficient (Wildman–Crippen LogP) is 2.70. The van der Waals surface area contributed by atoms with E-state index in [1.54, 1.807) is 0 Å². The molecule has 114 valence electrons. The van der Waals surface area contributed by atoms with Crippen molar-refractivity contribution in [2.45, 2.75) is 6.04 Å². The highest BCUT2D eigenvalue weighted by molar-refractivity contribution is 5.95. The molecule has 22 heavy (non-hydrogen) atoms. The van der Waals surface area contributed by atoms with Crippen LogP contribution in [0.15, 0.2) is 60.7 Å². The molecule has 4 nitrogen and oxygen atoms in total. The Morgan fingerprint density at radius 2 is 1.55 bits per heavy atom. The van der Waals surface area contributed by atoms with Crippen molar-refractivity contribution in [2.75, 3.05) is 31.6 Å². The average Bonchev–Trinajstić information content (AvgIpc) is 2.58. The highest BCUT2D eigenvalue weighted by Gasteiger charge is 2.28. The van der Waals surface area contributed by atoms with Gasteiger partial charge in [0.15, 0.2) is 0 Å². The zero-order chi connectivity index (χ0) is 15.2. The lowest BCUT2D eigenvalue weighted by Crippen LogP contribution is -2.43. The molecule has 1 aliphatic rings. The van der Waals surface area contributed by atoms with Crippen LogP contribution in [0.5, 0.6) is 0 Å². The quantitative estimate of drug-likeness (QED) is 0.943. The molecule has 4 heteroatoms. The molecule has 1 fully saturated rings. The summed E-state index contributed by atoms with van der Waals surface area (Å²) >= 11 is 0. The highest BCUT2D eigenvalue weighted by atomic mass is 16.5. The van der Waals surface area contributed by atoms with E-state index in [-0.39, 0.29) is 11.9 Å². The Kier molecular flexibility index (Phi) is 4.83. The number of morpholine rings is 1. The average molecular weight is 296 g/mol. The first-order valence-corrected chi connectivity index (χ1v) is 7.57. The number of para-hydroxylation sites is 1. The van der Waals surface area contributed by atoms with Gasteiger partial charge in [-0.25, -0.2) is 0 Å². The SMILES string of the molecule is O=C(Nc1ccccc1)[C@@H](c1ccccc1)N1CCOCC1. The van der Waals surface area contributed by atoms with E-state index in [0.29, 0.717) is 13.2 Å². The third-order valence-corrected chi connectivity index (χ3v) is 3.82. The van der Waals surface area contributed by atoms with Crippen molar-refractivity contribution >= 4 is 11.6 Å². The van der Waals surface area contributed by atoms with Crippen molar-refractivity contribution in [2.24, 2.45) is 0 Å². The van der Waals surface area contributed by atoms with Crippen LogP contribution in [0.25, 0.3) is 0 Å². The first-order chi connectivity index (χ1) is 10.8. The molecule has 0 spiro atoms. The standard InChI is InChI=1S/C18H20N2O2/c21-18(19-16-9-5-2-6-10-16)17(15-7-3-1-4-8-15)20-11-13-22-14-12-20/h1-10,17H,11-14H2,(H,19,21)/t17-/m1/s1. The summed E-state index contributed by atoms with van der Waals surface area (Å²) in [6, 6.07) is 19.2. The Hall–Kier alpha value is -2.17. The van der Waals surface area contributed by atoms with Gasteiger partial charge in [0.05, 0.1) is 13.2 Å². The van der Waals surface area contributed by atoms with Gasteiger partial charge >= 0.3 is 0 Å². The van der Waals surface area contributed by atoms with E-state index >= 15 is 0 Å². The van der Waals surface area contributed by atoms with Crippen LogP contribution in [0.3, 0.4) is 0 Å². The van der Waals surface area contributed by atoms with Crippen LogP contribution in [-0.2, 0) is 9.53 Å². The maximum absolute atomic E-state index is 12.8. The van der Waals surface area contributed by atoms with Gasteiger partial charge in [-0.1, -0.05) is 48.5 Å². The number of nitrogens with one attached hydrogen (secondary N) is 1. The summed E-state index contributed by atoms with van der Waals surface area (Å²) in [5.41, 5.74) is 1.83. The predicted molar refractivity (Wildman–Crippen MR) is 86.6 cm³/mol. The summed E-state index contributed by atoms with van der Waals surface area (Å²) in [4.78, 5) is 15.0. The summed E-state index contributed by atoms with van der Waals surface area (Å²) in [7, 11) is 0. The lowest BCUT2D eigenvalue weighted by Gasteiger charge is -2.33. The number of ether oxygens (including phenoxy) is 1. The zero-order valence-corrected chi connectivity index (χ0v) is 12.4. The summed E-state index contributed by atoms with van der Waals surface area (Å²) in [5, 5.41) is 3.02. The second kappa shape index (κ2) is 7.20. The van der Waals surface area contributed by atoms with Crippen molar-refractivity contribution in [1.82, 2.24) is 4.90 Å². The Bertz CT molecular complexity index is 595. The molecule has 0 unspecified atom stereocenters. The molecule has 0 radical (unpaired) electrons. The van der Waals surface area contributed by atoms with E-state index in [0.717, 1.165) is 24.3 Å². The molecule has 2 aromatic rings. The molecular weight excluding hydrogens is 276 g/mol. The lowest BCUT2D eigenvalue weighted by atomic mass is 10.0.